The van der Waals surface area contributed by atoms with E-state index in [1.165, 1.54) is 22.5 Å². The minimum absolute atomic E-state index is 0.0194. The van der Waals surface area contributed by atoms with Gasteiger partial charge in [-0.05, 0) is 35.9 Å². The highest BCUT2D eigenvalue weighted by Crippen LogP contribution is 2.54. The van der Waals surface area contributed by atoms with Crippen molar-refractivity contribution in [3.05, 3.63) is 82.7 Å². The molecule has 0 radical (unpaired) electrons. The van der Waals surface area contributed by atoms with E-state index >= 15 is 0 Å². The van der Waals surface area contributed by atoms with E-state index in [4.69, 9.17) is 0 Å². The summed E-state index contributed by atoms with van der Waals surface area (Å²) in [5, 5.41) is 6.90. The van der Waals surface area contributed by atoms with Gasteiger partial charge < -0.3 is 0 Å². The molecule has 2 aliphatic rings. The lowest BCUT2D eigenvalue weighted by molar-refractivity contribution is 0.290. The Hall–Kier alpha value is -2.58. The number of benzene rings is 2. The van der Waals surface area contributed by atoms with Crippen molar-refractivity contribution >= 4 is 10.0 Å². The maximum Gasteiger partial charge on any atom is 0.244 e. The summed E-state index contributed by atoms with van der Waals surface area (Å²) in [5.41, 5.74) is 2.48. The van der Waals surface area contributed by atoms with E-state index in [0.717, 1.165) is 17.8 Å². The smallest absolute Gasteiger partial charge is 0.244 e. The number of hydrogen-bond acceptors (Lipinski definition) is 3. The van der Waals surface area contributed by atoms with Gasteiger partial charge in [0.25, 0.3) is 0 Å². The Labute approximate surface area is 148 Å². The van der Waals surface area contributed by atoms with Gasteiger partial charge in [-0.1, -0.05) is 12.1 Å². The van der Waals surface area contributed by atoms with Gasteiger partial charge in [-0.25, -0.2) is 17.2 Å². The predicted molar refractivity (Wildman–Crippen MR) is 88.7 cm³/mol. The maximum absolute atomic E-state index is 14.6. The van der Waals surface area contributed by atoms with Gasteiger partial charge in [0.05, 0.1) is 23.2 Å². The van der Waals surface area contributed by atoms with E-state index < -0.39 is 33.7 Å². The predicted octanol–water partition coefficient (Wildman–Crippen LogP) is 3.08. The van der Waals surface area contributed by atoms with Crippen LogP contribution in [0.15, 0.2) is 53.6 Å². The summed E-state index contributed by atoms with van der Waals surface area (Å²) in [6.07, 6.45) is 1.92. The Balaban J connectivity index is 1.74. The van der Waals surface area contributed by atoms with Crippen molar-refractivity contribution in [1.29, 1.82) is 0 Å². The van der Waals surface area contributed by atoms with Gasteiger partial charge in [-0.3, -0.25) is 5.10 Å². The van der Waals surface area contributed by atoms with E-state index in [1.54, 1.807) is 18.3 Å². The maximum atomic E-state index is 14.6. The van der Waals surface area contributed by atoms with Crippen LogP contribution in [0, 0.1) is 11.6 Å². The quantitative estimate of drug-likeness (QED) is 0.751. The average Bonchev–Trinajstić information content (AvgIpc) is 3.18. The summed E-state index contributed by atoms with van der Waals surface area (Å²) >= 11 is 0. The number of nitrogens with one attached hydrogen (secondary N) is 1. The van der Waals surface area contributed by atoms with Crippen LogP contribution < -0.4 is 0 Å². The van der Waals surface area contributed by atoms with Crippen molar-refractivity contribution in [3.8, 4) is 0 Å². The zero-order chi connectivity index (χ0) is 18.1. The van der Waals surface area contributed by atoms with Crippen molar-refractivity contribution in [2.75, 3.05) is 0 Å². The van der Waals surface area contributed by atoms with Gasteiger partial charge in [0, 0.05) is 23.2 Å². The van der Waals surface area contributed by atoms with Crippen LogP contribution in [0.5, 0.6) is 0 Å². The second-order valence-electron chi connectivity index (χ2n) is 6.46. The summed E-state index contributed by atoms with van der Waals surface area (Å²) in [7, 11) is -3.96. The third kappa shape index (κ3) is 1.96. The monoisotopic (exact) mass is 373 g/mol. The van der Waals surface area contributed by atoms with E-state index in [9.17, 15) is 17.2 Å². The van der Waals surface area contributed by atoms with Crippen LogP contribution in [-0.2, 0) is 16.4 Å². The van der Waals surface area contributed by atoms with Crippen molar-refractivity contribution < 1.29 is 17.2 Å². The first-order chi connectivity index (χ1) is 12.5. The number of aromatic nitrogens is 2. The third-order valence-electron chi connectivity index (χ3n) is 5.11. The van der Waals surface area contributed by atoms with Crippen LogP contribution in [0.2, 0.25) is 0 Å². The zero-order valence-corrected chi connectivity index (χ0v) is 14.2. The zero-order valence-electron chi connectivity index (χ0n) is 13.4. The number of halogens is 2. The Kier molecular flexibility index (Phi) is 3.14. The van der Waals surface area contributed by atoms with Crippen LogP contribution in [0.3, 0.4) is 0 Å². The molecule has 132 valence electrons. The molecule has 0 aliphatic carbocycles. The largest absolute Gasteiger partial charge is 0.282 e. The van der Waals surface area contributed by atoms with E-state index in [2.05, 4.69) is 10.2 Å². The van der Waals surface area contributed by atoms with Crippen LogP contribution >= 0.6 is 0 Å². The molecule has 2 aromatic carbocycles. The summed E-state index contributed by atoms with van der Waals surface area (Å²) < 4.78 is 55.8. The van der Waals surface area contributed by atoms with Crippen LogP contribution in [-0.4, -0.2) is 22.9 Å². The van der Waals surface area contributed by atoms with E-state index in [1.807, 2.05) is 0 Å². The number of hydrogen-bond donors (Lipinski definition) is 1. The van der Waals surface area contributed by atoms with Gasteiger partial charge in [-0.15, -0.1) is 0 Å². The summed E-state index contributed by atoms with van der Waals surface area (Å²) in [4.78, 5) is -0.0194. The van der Waals surface area contributed by atoms with Crippen molar-refractivity contribution in [2.45, 2.75) is 23.4 Å². The summed E-state index contributed by atoms with van der Waals surface area (Å²) in [6, 6.07) is 8.04. The molecule has 2 atom stereocenters. The molecule has 26 heavy (non-hydrogen) atoms. The molecule has 0 saturated carbocycles. The minimum Gasteiger partial charge on any atom is -0.282 e. The summed E-state index contributed by atoms with van der Waals surface area (Å²) in [6.45, 7) is 0. The molecule has 3 aromatic rings. The number of rotatable bonds is 2. The molecule has 5 nitrogen and oxygen atoms in total. The molecule has 0 spiro atoms. The normalized spacial score (nSPS) is 21.5. The second kappa shape index (κ2) is 5.21. The topological polar surface area (TPSA) is 66.1 Å². The minimum atomic E-state index is -3.96. The average molecular weight is 373 g/mol. The highest BCUT2D eigenvalue weighted by molar-refractivity contribution is 7.89. The van der Waals surface area contributed by atoms with Crippen LogP contribution in [0.1, 0.15) is 34.5 Å². The molecule has 0 fully saturated rings. The summed E-state index contributed by atoms with van der Waals surface area (Å²) in [5.74, 6) is -0.958. The van der Waals surface area contributed by atoms with E-state index in [-0.39, 0.29) is 4.90 Å². The lowest BCUT2D eigenvalue weighted by Gasteiger charge is -2.33. The fourth-order valence-corrected chi connectivity index (χ4v) is 5.76. The van der Waals surface area contributed by atoms with Crippen molar-refractivity contribution in [2.24, 2.45) is 0 Å². The number of nitrogens with zero attached hydrogens (tertiary/aromatic N) is 2. The van der Waals surface area contributed by atoms with Crippen molar-refractivity contribution in [1.82, 2.24) is 14.5 Å². The van der Waals surface area contributed by atoms with Crippen LogP contribution in [0.25, 0.3) is 0 Å². The van der Waals surface area contributed by atoms with Gasteiger partial charge in [0.2, 0.25) is 10.0 Å². The molecule has 0 amide bonds. The fourth-order valence-electron chi connectivity index (χ4n) is 4.02. The lowest BCUT2D eigenvalue weighted by atomic mass is 10.00. The fraction of sp³-hybridized carbons (Fsp3) is 0.167. The molecule has 8 heteroatoms. The van der Waals surface area contributed by atoms with Crippen LogP contribution in [0.4, 0.5) is 8.78 Å². The highest BCUT2D eigenvalue weighted by atomic mass is 32.2. The Bertz CT molecular complexity index is 1130. The van der Waals surface area contributed by atoms with Gasteiger partial charge in [-0.2, -0.15) is 9.40 Å². The lowest BCUT2D eigenvalue weighted by Crippen LogP contribution is -2.37. The Morgan fingerprint density at radius 3 is 2.62 bits per heavy atom. The molecular weight excluding hydrogens is 360 g/mol. The van der Waals surface area contributed by atoms with Gasteiger partial charge in [0.1, 0.15) is 11.6 Å². The molecule has 2 aliphatic heterocycles. The number of H-pyrrole nitrogens is 1. The molecular formula is C18H13F2N3O2S. The SMILES string of the molecule is O=S(=O)(c1ccc(F)cc1)N1[C@H]2c3cn[nH]c3C[C@@H]1c1cccc(F)c12. The number of sulfonamides is 1. The first kappa shape index (κ1) is 15.7. The van der Waals surface area contributed by atoms with E-state index in [0.29, 0.717) is 23.1 Å². The molecule has 1 aromatic heterocycles. The Morgan fingerprint density at radius 2 is 1.85 bits per heavy atom. The molecule has 1 N–H and O–H groups in total. The standard InChI is InChI=1S/C18H13F2N3O2S/c19-10-4-6-11(7-5-10)26(24,25)23-16-8-15-13(9-21-22-15)18(23)17-12(16)2-1-3-14(17)20/h1-7,9,16,18H,8H2,(H,21,22)/t16-,18+/m1/s1. The number of aromatic amines is 1. The molecule has 3 heterocycles. The molecule has 0 unspecified atom stereocenters. The Morgan fingerprint density at radius 1 is 1.08 bits per heavy atom. The third-order valence-corrected chi connectivity index (χ3v) is 7.00. The van der Waals surface area contributed by atoms with Crippen molar-refractivity contribution in [3.63, 3.8) is 0 Å². The number of fused-ring (bicyclic) bond motifs is 7. The first-order valence-corrected chi connectivity index (χ1v) is 9.52. The van der Waals surface area contributed by atoms with Gasteiger partial charge in [0.15, 0.2) is 0 Å². The molecule has 2 bridgehead atoms. The first-order valence-electron chi connectivity index (χ1n) is 8.08. The second-order valence-corrected chi connectivity index (χ2v) is 8.30. The van der Waals surface area contributed by atoms with Gasteiger partial charge >= 0.3 is 0 Å². The highest BCUT2D eigenvalue weighted by Gasteiger charge is 2.51. The molecule has 0 saturated heterocycles. The molecule has 5 rings (SSSR count).